The van der Waals surface area contributed by atoms with Gasteiger partial charge in [-0.1, -0.05) is 11.6 Å². The van der Waals surface area contributed by atoms with Crippen LogP contribution in [0.25, 0.3) is 0 Å². The van der Waals surface area contributed by atoms with Gasteiger partial charge >= 0.3 is 6.09 Å². The molecule has 0 aromatic heterocycles. The van der Waals surface area contributed by atoms with Crippen molar-refractivity contribution in [2.45, 2.75) is 39.3 Å². The molecule has 0 saturated heterocycles. The van der Waals surface area contributed by atoms with Crippen LogP contribution in [0.3, 0.4) is 0 Å². The van der Waals surface area contributed by atoms with Gasteiger partial charge in [-0.2, -0.15) is 0 Å². The fraction of sp³-hybridized carbons (Fsp3) is 0.500. The number of carbonyl (C=O) groups is 1. The lowest BCUT2D eigenvalue weighted by Crippen LogP contribution is -2.38. The number of rotatable bonds is 4. The molecular weight excluding hydrogens is 363 g/mol. The van der Waals surface area contributed by atoms with Gasteiger partial charge in [0.25, 0.3) is 0 Å². The smallest absolute Gasteiger partial charge is 0.407 e. The van der Waals surface area contributed by atoms with E-state index in [1.807, 2.05) is 6.92 Å². The van der Waals surface area contributed by atoms with Crippen molar-refractivity contribution in [2.24, 2.45) is 0 Å². The SMILES string of the molecule is CC(CNC(=O)OC(C)(C)C)Nc1c(Cl)cc(F)cc1Br. The van der Waals surface area contributed by atoms with Gasteiger partial charge in [0.2, 0.25) is 0 Å². The van der Waals surface area contributed by atoms with Crippen LogP contribution in [0, 0.1) is 5.82 Å². The van der Waals surface area contributed by atoms with Crippen LogP contribution in [0.5, 0.6) is 0 Å². The number of hydrogen-bond acceptors (Lipinski definition) is 3. The molecule has 7 heteroatoms. The molecule has 21 heavy (non-hydrogen) atoms. The predicted molar refractivity (Wildman–Crippen MR) is 86.4 cm³/mol. The Hall–Kier alpha value is -1.01. The van der Waals surface area contributed by atoms with Gasteiger partial charge < -0.3 is 15.4 Å². The van der Waals surface area contributed by atoms with E-state index in [1.54, 1.807) is 20.8 Å². The third kappa shape index (κ3) is 6.52. The highest BCUT2D eigenvalue weighted by Crippen LogP contribution is 2.32. The van der Waals surface area contributed by atoms with Crippen molar-refractivity contribution in [3.63, 3.8) is 0 Å². The van der Waals surface area contributed by atoms with Crippen LogP contribution in [0.2, 0.25) is 5.02 Å². The van der Waals surface area contributed by atoms with E-state index >= 15 is 0 Å². The molecule has 1 rings (SSSR count). The van der Waals surface area contributed by atoms with Gasteiger partial charge in [0.1, 0.15) is 11.4 Å². The minimum atomic E-state index is -0.538. The standard InChI is InChI=1S/C14H19BrClFN2O2/c1-8(7-18-13(20)21-14(2,3)4)19-12-10(15)5-9(17)6-11(12)16/h5-6,8,19H,7H2,1-4H3,(H,18,20). The number of hydrogen-bond donors (Lipinski definition) is 2. The maximum Gasteiger partial charge on any atom is 0.407 e. The second kappa shape index (κ2) is 7.31. The molecule has 0 bridgehead atoms. The molecule has 1 amide bonds. The topological polar surface area (TPSA) is 50.4 Å². The average Bonchev–Trinajstić information content (AvgIpc) is 2.29. The molecule has 1 aromatic rings. The molecule has 0 heterocycles. The number of amides is 1. The van der Waals surface area contributed by atoms with Crippen LogP contribution in [0.15, 0.2) is 16.6 Å². The highest BCUT2D eigenvalue weighted by molar-refractivity contribution is 9.10. The van der Waals surface area contributed by atoms with Crippen LogP contribution in [0.1, 0.15) is 27.7 Å². The number of ether oxygens (including phenoxy) is 1. The maximum absolute atomic E-state index is 13.1. The highest BCUT2D eigenvalue weighted by atomic mass is 79.9. The molecule has 0 radical (unpaired) electrons. The van der Waals surface area contributed by atoms with E-state index in [0.29, 0.717) is 16.7 Å². The summed E-state index contributed by atoms with van der Waals surface area (Å²) in [7, 11) is 0. The minimum absolute atomic E-state index is 0.114. The van der Waals surface area contributed by atoms with Gasteiger partial charge in [-0.05, 0) is 55.8 Å². The molecule has 1 atom stereocenters. The first-order valence-electron chi connectivity index (χ1n) is 6.46. The Morgan fingerprint density at radius 2 is 2.10 bits per heavy atom. The summed E-state index contributed by atoms with van der Waals surface area (Å²) in [6, 6.07) is 2.43. The monoisotopic (exact) mass is 380 g/mol. The maximum atomic E-state index is 13.1. The molecule has 0 fully saturated rings. The summed E-state index contributed by atoms with van der Waals surface area (Å²) in [5, 5.41) is 6.03. The van der Waals surface area contributed by atoms with E-state index in [4.69, 9.17) is 16.3 Å². The third-order valence-corrected chi connectivity index (χ3v) is 3.27. The van der Waals surface area contributed by atoms with E-state index in [0.717, 1.165) is 0 Å². The number of anilines is 1. The van der Waals surface area contributed by atoms with Gasteiger partial charge in [-0.3, -0.25) is 0 Å². The normalized spacial score (nSPS) is 12.7. The predicted octanol–water partition coefficient (Wildman–Crippen LogP) is 4.57. The Balaban J connectivity index is 2.55. The zero-order chi connectivity index (χ0) is 16.2. The zero-order valence-corrected chi connectivity index (χ0v) is 14.7. The van der Waals surface area contributed by atoms with Crippen molar-refractivity contribution in [3.05, 3.63) is 27.4 Å². The lowest BCUT2D eigenvalue weighted by molar-refractivity contribution is 0.0526. The lowest BCUT2D eigenvalue weighted by Gasteiger charge is -2.22. The van der Waals surface area contributed by atoms with Gasteiger partial charge in [0, 0.05) is 17.1 Å². The summed E-state index contributed by atoms with van der Waals surface area (Å²) in [4.78, 5) is 11.5. The number of carbonyl (C=O) groups excluding carboxylic acids is 1. The van der Waals surface area contributed by atoms with Crippen molar-refractivity contribution in [1.82, 2.24) is 5.32 Å². The molecule has 0 saturated carbocycles. The fourth-order valence-electron chi connectivity index (χ4n) is 1.53. The minimum Gasteiger partial charge on any atom is -0.444 e. The van der Waals surface area contributed by atoms with Gasteiger partial charge in [-0.25, -0.2) is 9.18 Å². The first-order chi connectivity index (χ1) is 9.58. The van der Waals surface area contributed by atoms with Crippen molar-refractivity contribution < 1.29 is 13.9 Å². The molecule has 0 spiro atoms. The highest BCUT2D eigenvalue weighted by Gasteiger charge is 2.17. The second-order valence-electron chi connectivity index (χ2n) is 5.67. The van der Waals surface area contributed by atoms with E-state index in [2.05, 4.69) is 26.6 Å². The van der Waals surface area contributed by atoms with Crippen LogP contribution in [-0.4, -0.2) is 24.3 Å². The molecule has 0 aliphatic rings. The van der Waals surface area contributed by atoms with E-state index in [9.17, 15) is 9.18 Å². The first kappa shape index (κ1) is 18.0. The first-order valence-corrected chi connectivity index (χ1v) is 7.63. The Labute approximate surface area is 137 Å². The second-order valence-corrected chi connectivity index (χ2v) is 6.93. The summed E-state index contributed by atoms with van der Waals surface area (Å²) < 4.78 is 18.8. The van der Waals surface area contributed by atoms with Crippen LogP contribution >= 0.6 is 27.5 Å². The summed E-state index contributed by atoms with van der Waals surface area (Å²) in [6.07, 6.45) is -0.486. The quantitative estimate of drug-likeness (QED) is 0.803. The third-order valence-electron chi connectivity index (χ3n) is 2.35. The molecule has 0 aliphatic heterocycles. The summed E-state index contributed by atoms with van der Waals surface area (Å²) in [6.45, 7) is 7.59. The van der Waals surface area contributed by atoms with Gasteiger partial charge in [0.05, 0.1) is 10.7 Å². The van der Waals surface area contributed by atoms with E-state index < -0.39 is 17.5 Å². The molecule has 4 nitrogen and oxygen atoms in total. The van der Waals surface area contributed by atoms with Crippen molar-refractivity contribution >= 4 is 39.3 Å². The van der Waals surface area contributed by atoms with Crippen molar-refractivity contribution in [2.75, 3.05) is 11.9 Å². The Bertz CT molecular complexity index is 497. The number of nitrogens with one attached hydrogen (secondary N) is 2. The fourth-order valence-corrected chi connectivity index (χ4v) is 2.45. The number of halogens is 3. The van der Waals surface area contributed by atoms with Crippen molar-refractivity contribution in [3.8, 4) is 0 Å². The van der Waals surface area contributed by atoms with Gasteiger partial charge in [0.15, 0.2) is 0 Å². The zero-order valence-electron chi connectivity index (χ0n) is 12.4. The van der Waals surface area contributed by atoms with Gasteiger partial charge in [-0.15, -0.1) is 0 Å². The van der Waals surface area contributed by atoms with Crippen LogP contribution < -0.4 is 10.6 Å². The van der Waals surface area contributed by atoms with Crippen LogP contribution in [-0.2, 0) is 4.74 Å². The summed E-state index contributed by atoms with van der Waals surface area (Å²) in [5.41, 5.74) is 0.0425. The Kier molecular flexibility index (Phi) is 6.28. The summed E-state index contributed by atoms with van der Waals surface area (Å²) >= 11 is 9.23. The molecule has 0 aliphatic carbocycles. The number of alkyl carbamates (subject to hydrolysis) is 1. The average molecular weight is 382 g/mol. The number of benzene rings is 1. The molecule has 118 valence electrons. The Morgan fingerprint density at radius 3 is 2.62 bits per heavy atom. The summed E-state index contributed by atoms with van der Waals surface area (Å²) in [5.74, 6) is -0.419. The molecular formula is C14H19BrClFN2O2. The largest absolute Gasteiger partial charge is 0.444 e. The van der Waals surface area contributed by atoms with Crippen molar-refractivity contribution in [1.29, 1.82) is 0 Å². The molecule has 2 N–H and O–H groups in total. The Morgan fingerprint density at radius 1 is 1.48 bits per heavy atom. The van der Waals surface area contributed by atoms with E-state index in [1.165, 1.54) is 12.1 Å². The lowest BCUT2D eigenvalue weighted by atomic mass is 10.2. The van der Waals surface area contributed by atoms with Crippen LogP contribution in [0.4, 0.5) is 14.9 Å². The molecule has 1 unspecified atom stereocenters. The van der Waals surface area contributed by atoms with E-state index in [-0.39, 0.29) is 11.1 Å². The molecule has 1 aromatic carbocycles.